The van der Waals surface area contributed by atoms with Gasteiger partial charge in [-0.05, 0) is 5.56 Å². The molecule has 5 nitrogen and oxygen atoms in total. The number of carbonyl (C=O) groups is 2. The Kier molecular flexibility index (Phi) is 5.72. The highest BCUT2D eigenvalue weighted by Gasteiger charge is 2.38. The van der Waals surface area contributed by atoms with E-state index in [0.29, 0.717) is 11.6 Å². The van der Waals surface area contributed by atoms with Gasteiger partial charge in [-0.25, -0.2) is 4.79 Å². The fourth-order valence-corrected chi connectivity index (χ4v) is 4.66. The Hall–Kier alpha value is -1.34. The van der Waals surface area contributed by atoms with Crippen LogP contribution in [-0.2, 0) is 16.1 Å². The first-order valence-electron chi connectivity index (χ1n) is 7.67. The van der Waals surface area contributed by atoms with Gasteiger partial charge in [0.25, 0.3) is 0 Å². The SMILES string of the molecule is O=C(C1CSCN1C(=O)OCc1ccccc1)N1CCSCC1. The molecule has 7 heteroatoms. The molecule has 1 unspecified atom stereocenters. The van der Waals surface area contributed by atoms with Crippen molar-refractivity contribution in [2.24, 2.45) is 0 Å². The molecule has 2 saturated heterocycles. The van der Waals surface area contributed by atoms with Crippen LogP contribution in [0.25, 0.3) is 0 Å². The van der Waals surface area contributed by atoms with E-state index < -0.39 is 6.09 Å². The van der Waals surface area contributed by atoms with Crippen LogP contribution in [0.2, 0.25) is 0 Å². The Morgan fingerprint density at radius 1 is 1.13 bits per heavy atom. The molecule has 0 aromatic heterocycles. The number of nitrogens with zero attached hydrogens (tertiary/aromatic N) is 2. The molecule has 0 aliphatic carbocycles. The standard InChI is InChI=1S/C16H20N2O3S2/c19-15(17-6-8-22-9-7-17)14-11-23-12-18(14)16(20)21-10-13-4-2-1-3-5-13/h1-5,14H,6-12H2. The maximum Gasteiger partial charge on any atom is 0.411 e. The van der Waals surface area contributed by atoms with Gasteiger partial charge in [0.1, 0.15) is 12.6 Å². The first-order valence-corrected chi connectivity index (χ1v) is 9.98. The van der Waals surface area contributed by atoms with Gasteiger partial charge in [0.15, 0.2) is 0 Å². The first-order chi connectivity index (χ1) is 11.3. The van der Waals surface area contributed by atoms with Crippen molar-refractivity contribution >= 4 is 35.5 Å². The van der Waals surface area contributed by atoms with Gasteiger partial charge in [0.2, 0.25) is 5.91 Å². The molecule has 2 amide bonds. The highest BCUT2D eigenvalue weighted by molar-refractivity contribution is 7.99. The molecule has 0 spiro atoms. The van der Waals surface area contributed by atoms with E-state index >= 15 is 0 Å². The Morgan fingerprint density at radius 3 is 2.61 bits per heavy atom. The molecule has 2 aliphatic rings. The van der Waals surface area contributed by atoms with Crippen molar-refractivity contribution in [3.05, 3.63) is 35.9 Å². The van der Waals surface area contributed by atoms with E-state index in [9.17, 15) is 9.59 Å². The van der Waals surface area contributed by atoms with Crippen LogP contribution in [0.4, 0.5) is 4.79 Å². The van der Waals surface area contributed by atoms with E-state index in [4.69, 9.17) is 4.74 Å². The highest BCUT2D eigenvalue weighted by Crippen LogP contribution is 2.24. The van der Waals surface area contributed by atoms with Crippen molar-refractivity contribution in [2.75, 3.05) is 36.2 Å². The van der Waals surface area contributed by atoms with Crippen LogP contribution in [-0.4, -0.2) is 64.1 Å². The second-order valence-electron chi connectivity index (χ2n) is 5.46. The van der Waals surface area contributed by atoms with Gasteiger partial charge in [-0.15, -0.1) is 11.8 Å². The zero-order valence-corrected chi connectivity index (χ0v) is 14.5. The number of benzene rings is 1. The molecule has 23 heavy (non-hydrogen) atoms. The van der Waals surface area contributed by atoms with Gasteiger partial charge in [0, 0.05) is 30.3 Å². The zero-order valence-electron chi connectivity index (χ0n) is 12.8. The molecule has 0 radical (unpaired) electrons. The van der Waals surface area contributed by atoms with E-state index in [1.165, 1.54) is 0 Å². The molecular weight excluding hydrogens is 332 g/mol. The molecule has 3 rings (SSSR count). The lowest BCUT2D eigenvalue weighted by Crippen LogP contribution is -2.51. The predicted molar refractivity (Wildman–Crippen MR) is 93.5 cm³/mol. The Labute approximate surface area is 144 Å². The van der Waals surface area contributed by atoms with Gasteiger partial charge in [-0.1, -0.05) is 30.3 Å². The van der Waals surface area contributed by atoms with Crippen LogP contribution in [0.3, 0.4) is 0 Å². The lowest BCUT2D eigenvalue weighted by molar-refractivity contribution is -0.134. The number of hydrogen-bond donors (Lipinski definition) is 0. The lowest BCUT2D eigenvalue weighted by atomic mass is 10.2. The van der Waals surface area contributed by atoms with E-state index in [0.717, 1.165) is 30.2 Å². The third kappa shape index (κ3) is 4.14. The summed E-state index contributed by atoms with van der Waals surface area (Å²) in [7, 11) is 0. The summed E-state index contributed by atoms with van der Waals surface area (Å²) in [6, 6.07) is 9.20. The quantitative estimate of drug-likeness (QED) is 0.835. The average Bonchev–Trinajstić information content (AvgIpc) is 3.10. The minimum Gasteiger partial charge on any atom is -0.445 e. The summed E-state index contributed by atoms with van der Waals surface area (Å²) in [5.41, 5.74) is 0.948. The smallest absolute Gasteiger partial charge is 0.411 e. The van der Waals surface area contributed by atoms with Crippen molar-refractivity contribution in [1.82, 2.24) is 9.80 Å². The van der Waals surface area contributed by atoms with Gasteiger partial charge in [-0.2, -0.15) is 11.8 Å². The van der Waals surface area contributed by atoms with Crippen molar-refractivity contribution in [3.63, 3.8) is 0 Å². The highest BCUT2D eigenvalue weighted by atomic mass is 32.2. The van der Waals surface area contributed by atoms with E-state index in [1.54, 1.807) is 16.7 Å². The average molecular weight is 352 g/mol. The predicted octanol–water partition coefficient (Wildman–Crippen LogP) is 2.27. The van der Waals surface area contributed by atoms with Gasteiger partial charge in [-0.3, -0.25) is 9.69 Å². The maximum atomic E-state index is 12.6. The third-order valence-electron chi connectivity index (χ3n) is 3.93. The van der Waals surface area contributed by atoms with Crippen LogP contribution < -0.4 is 0 Å². The minimum atomic E-state index is -0.399. The largest absolute Gasteiger partial charge is 0.445 e. The molecule has 2 aliphatic heterocycles. The summed E-state index contributed by atoms with van der Waals surface area (Å²) in [5, 5.41) is 0. The molecule has 1 aromatic rings. The number of amides is 2. The molecule has 1 atom stereocenters. The summed E-state index contributed by atoms with van der Waals surface area (Å²) in [5.74, 6) is 3.19. The maximum absolute atomic E-state index is 12.6. The monoisotopic (exact) mass is 352 g/mol. The number of thioether (sulfide) groups is 2. The number of carbonyl (C=O) groups excluding carboxylic acids is 2. The summed E-state index contributed by atoms with van der Waals surface area (Å²) in [6.07, 6.45) is -0.399. The molecule has 124 valence electrons. The number of hydrogen-bond acceptors (Lipinski definition) is 5. The van der Waals surface area contributed by atoms with Crippen LogP contribution in [0.5, 0.6) is 0 Å². The van der Waals surface area contributed by atoms with Crippen LogP contribution in [0, 0.1) is 0 Å². The summed E-state index contributed by atoms with van der Waals surface area (Å²) in [6.45, 7) is 1.79. The molecule has 0 bridgehead atoms. The first kappa shape index (κ1) is 16.5. The van der Waals surface area contributed by atoms with Crippen LogP contribution in [0.15, 0.2) is 30.3 Å². The third-order valence-corrected chi connectivity index (χ3v) is 5.88. The Bertz CT molecular complexity index is 550. The molecule has 2 heterocycles. The van der Waals surface area contributed by atoms with Crippen LogP contribution >= 0.6 is 23.5 Å². The van der Waals surface area contributed by atoms with E-state index in [2.05, 4.69) is 0 Å². The molecular formula is C16H20N2O3S2. The van der Waals surface area contributed by atoms with E-state index in [1.807, 2.05) is 47.0 Å². The molecule has 2 fully saturated rings. The van der Waals surface area contributed by atoms with Crippen molar-refractivity contribution in [3.8, 4) is 0 Å². The topological polar surface area (TPSA) is 49.9 Å². The molecule has 1 aromatic carbocycles. The number of ether oxygens (including phenoxy) is 1. The molecule has 0 N–H and O–H groups in total. The Balaban J connectivity index is 1.57. The summed E-state index contributed by atoms with van der Waals surface area (Å²) in [4.78, 5) is 28.4. The van der Waals surface area contributed by atoms with Gasteiger partial charge >= 0.3 is 6.09 Å². The minimum absolute atomic E-state index is 0.0620. The van der Waals surface area contributed by atoms with E-state index in [-0.39, 0.29) is 18.6 Å². The fraction of sp³-hybridized carbons (Fsp3) is 0.500. The fourth-order valence-electron chi connectivity index (χ4n) is 2.62. The van der Waals surface area contributed by atoms with Crippen molar-refractivity contribution in [1.29, 1.82) is 0 Å². The van der Waals surface area contributed by atoms with Gasteiger partial charge < -0.3 is 9.64 Å². The van der Waals surface area contributed by atoms with Gasteiger partial charge in [0.05, 0.1) is 5.88 Å². The lowest BCUT2D eigenvalue weighted by Gasteiger charge is -2.31. The Morgan fingerprint density at radius 2 is 1.87 bits per heavy atom. The molecule has 0 saturated carbocycles. The summed E-state index contributed by atoms with van der Waals surface area (Å²) < 4.78 is 5.38. The van der Waals surface area contributed by atoms with Crippen molar-refractivity contribution in [2.45, 2.75) is 12.6 Å². The van der Waals surface area contributed by atoms with Crippen LogP contribution in [0.1, 0.15) is 5.56 Å². The number of rotatable bonds is 3. The second-order valence-corrected chi connectivity index (χ2v) is 7.69. The normalized spacial score (nSPS) is 21.3. The zero-order chi connectivity index (χ0) is 16.1. The summed E-state index contributed by atoms with van der Waals surface area (Å²) >= 11 is 3.47. The van der Waals surface area contributed by atoms with Crippen molar-refractivity contribution < 1.29 is 14.3 Å². The second kappa shape index (κ2) is 7.97.